The zero-order chi connectivity index (χ0) is 73.3. The van der Waals surface area contributed by atoms with Crippen molar-refractivity contribution in [1.82, 2.24) is 5.32 Å². The van der Waals surface area contributed by atoms with Crippen LogP contribution in [0.4, 0.5) is 4.79 Å². The number of rotatable bonds is 77. The van der Waals surface area contributed by atoms with Gasteiger partial charge in [-0.3, -0.25) is 0 Å². The van der Waals surface area contributed by atoms with Crippen LogP contribution in [0.1, 0.15) is 119 Å². The van der Waals surface area contributed by atoms with Gasteiger partial charge in [-0.25, -0.2) is 4.79 Å². The van der Waals surface area contributed by atoms with E-state index in [9.17, 15) is 4.79 Å². The van der Waals surface area contributed by atoms with Gasteiger partial charge in [0.2, 0.25) is 0 Å². The number of ether oxygens (including phenoxy) is 24. The lowest BCUT2D eigenvalue weighted by atomic mass is 9.47. The Kier molecular flexibility index (Phi) is 59.8. The molecule has 103 heavy (non-hydrogen) atoms. The van der Waals surface area contributed by atoms with Crippen LogP contribution in [-0.2, 0) is 114 Å². The summed E-state index contributed by atoms with van der Waals surface area (Å²) in [6, 6.07) is 0. The summed E-state index contributed by atoms with van der Waals surface area (Å²) in [6.07, 6.45) is 17.0. The number of nitrogens with one attached hydrogen (secondary N) is 1. The van der Waals surface area contributed by atoms with E-state index in [-0.39, 0.29) is 17.6 Å². The largest absolute Gasteiger partial charge is 0.446 e. The first-order valence-corrected chi connectivity index (χ1v) is 39.6. The molecule has 1 unspecified atom stereocenters. The second kappa shape index (κ2) is 65.9. The average Bonchev–Trinajstić information content (AvgIpc) is 1.68. The predicted molar refractivity (Wildman–Crippen MR) is 390 cm³/mol. The summed E-state index contributed by atoms with van der Waals surface area (Å²) in [5.74, 6) is 4.93. The fourth-order valence-electron chi connectivity index (χ4n) is 14.3. The quantitative estimate of drug-likeness (QED) is 0.0441. The number of alkyl carbamates (subject to hydrolysis) is 1. The zero-order valence-electron chi connectivity index (χ0n) is 65.0. The van der Waals surface area contributed by atoms with E-state index in [1.165, 1.54) is 51.4 Å². The van der Waals surface area contributed by atoms with Crippen molar-refractivity contribution in [2.75, 3.05) is 310 Å². The third-order valence-electron chi connectivity index (χ3n) is 19.6. The number of carbonyl (C=O) groups is 1. The Bertz CT molecular complexity index is 1920. The highest BCUT2D eigenvalue weighted by Crippen LogP contribution is 2.67. The van der Waals surface area contributed by atoms with Gasteiger partial charge in [-0.05, 0) is 97.7 Å². The van der Waals surface area contributed by atoms with Crippen LogP contribution in [0, 0.1) is 46.3 Å². The van der Waals surface area contributed by atoms with Gasteiger partial charge >= 0.3 is 6.09 Å². The monoisotopic (exact) mass is 1480 g/mol. The Hall–Kier alpha value is -1.91. The first-order valence-electron chi connectivity index (χ1n) is 39.6. The van der Waals surface area contributed by atoms with Crippen molar-refractivity contribution in [2.24, 2.45) is 46.3 Å². The van der Waals surface area contributed by atoms with E-state index < -0.39 is 0 Å². The molecule has 3 fully saturated rings. The molecule has 608 valence electrons. The fourth-order valence-corrected chi connectivity index (χ4v) is 14.3. The van der Waals surface area contributed by atoms with Gasteiger partial charge in [-0.2, -0.15) is 0 Å². The molecule has 0 spiro atoms. The minimum atomic E-state index is -0.348. The zero-order valence-corrected chi connectivity index (χ0v) is 65.0. The highest BCUT2D eigenvalue weighted by atomic mass is 16.6. The summed E-state index contributed by atoms with van der Waals surface area (Å²) in [6.45, 7) is 37.9. The van der Waals surface area contributed by atoms with Gasteiger partial charge in [-0.1, -0.05) is 72.5 Å². The normalized spacial score (nSPS) is 21.3. The number of allylic oxidation sites excluding steroid dienone is 1. The summed E-state index contributed by atoms with van der Waals surface area (Å²) < 4.78 is 133. The summed E-state index contributed by atoms with van der Waals surface area (Å²) >= 11 is 0. The molecule has 0 bridgehead atoms. The van der Waals surface area contributed by atoms with Crippen molar-refractivity contribution in [3.8, 4) is 0 Å². The molecule has 0 aromatic heterocycles. The molecule has 4 rings (SSSR count). The Morgan fingerprint density at radius 3 is 0.981 bits per heavy atom. The van der Waals surface area contributed by atoms with Gasteiger partial charge in [0.05, 0.1) is 297 Å². The lowest BCUT2D eigenvalue weighted by Crippen LogP contribution is -2.51. The number of fused-ring (bicyclic) bond motifs is 5. The van der Waals surface area contributed by atoms with Crippen LogP contribution in [0.2, 0.25) is 0 Å². The first-order chi connectivity index (χ1) is 50.7. The van der Waals surface area contributed by atoms with E-state index in [0.29, 0.717) is 309 Å². The number of hydrogen-bond acceptors (Lipinski definition) is 25. The van der Waals surface area contributed by atoms with Crippen LogP contribution in [0.5, 0.6) is 0 Å². The Balaban J connectivity index is 0.732. The Morgan fingerprint density at radius 2 is 0.680 bits per heavy atom. The Morgan fingerprint density at radius 1 is 0.379 bits per heavy atom. The van der Waals surface area contributed by atoms with Crippen molar-refractivity contribution in [2.45, 2.75) is 125 Å². The Labute approximate surface area is 620 Å². The van der Waals surface area contributed by atoms with E-state index in [1.807, 2.05) is 0 Å². The molecule has 1 amide bonds. The van der Waals surface area contributed by atoms with E-state index in [1.54, 1.807) is 5.57 Å². The van der Waals surface area contributed by atoms with Crippen LogP contribution in [0.3, 0.4) is 0 Å². The van der Waals surface area contributed by atoms with Gasteiger partial charge < -0.3 is 119 Å². The molecular formula is C77H145NO25. The maximum atomic E-state index is 12.8. The maximum absolute atomic E-state index is 12.8. The van der Waals surface area contributed by atoms with Gasteiger partial charge in [0.15, 0.2) is 0 Å². The van der Waals surface area contributed by atoms with Gasteiger partial charge in [0.25, 0.3) is 0 Å². The second-order valence-corrected chi connectivity index (χ2v) is 27.6. The average molecular weight is 1480 g/mol. The van der Waals surface area contributed by atoms with E-state index >= 15 is 0 Å². The van der Waals surface area contributed by atoms with E-state index in [4.69, 9.17) is 114 Å². The summed E-state index contributed by atoms with van der Waals surface area (Å²) in [7, 11) is 0. The van der Waals surface area contributed by atoms with Crippen molar-refractivity contribution in [3.05, 3.63) is 11.6 Å². The first kappa shape index (κ1) is 93.5. The lowest BCUT2D eigenvalue weighted by molar-refractivity contribution is -0.0581. The van der Waals surface area contributed by atoms with Crippen molar-refractivity contribution < 1.29 is 118 Å². The van der Waals surface area contributed by atoms with Crippen LogP contribution in [0.25, 0.3) is 0 Å². The third kappa shape index (κ3) is 47.0. The number of carbonyl (C=O) groups excluding carboxylic acids is 1. The molecule has 26 heteroatoms. The van der Waals surface area contributed by atoms with Crippen molar-refractivity contribution >= 4 is 6.09 Å². The van der Waals surface area contributed by atoms with Crippen molar-refractivity contribution in [3.63, 3.8) is 0 Å². The molecule has 0 aliphatic heterocycles. The molecular weight excluding hydrogens is 1340 g/mol. The van der Waals surface area contributed by atoms with Crippen LogP contribution >= 0.6 is 0 Å². The van der Waals surface area contributed by atoms with Gasteiger partial charge in [0.1, 0.15) is 6.10 Å². The standard InChI is InChI=1S/C77H145NO25/c1-7-20-80-22-24-82-26-28-84-30-32-86-34-36-88-38-40-90-42-44-92-46-48-94-50-52-96-54-56-98-58-60-100-62-64-102-65-63-101-61-59-99-57-55-97-53-51-95-49-47-93-45-43-91-41-39-89-37-35-87-33-31-85-29-27-83-25-23-81-21-19-78-75(79)103-70-15-17-76(5)69(66-70)11-12-71-73-14-13-72(68(4)10-8-9-67(2)3)77(73,6)18-16-74(71)76/h11,67-68,70-74H,7-10,12-66H2,1-6H3,(H,78,79)/t68-,70?,71+,72-,73+,74+,76+,77-/m1/s1. The number of amides is 1. The maximum Gasteiger partial charge on any atom is 0.407 e. The smallest absolute Gasteiger partial charge is 0.407 e. The molecule has 0 radical (unpaired) electrons. The van der Waals surface area contributed by atoms with Crippen LogP contribution in [-0.4, -0.2) is 323 Å². The summed E-state index contributed by atoms with van der Waals surface area (Å²) in [5.41, 5.74) is 2.28. The summed E-state index contributed by atoms with van der Waals surface area (Å²) in [4.78, 5) is 12.8. The number of hydrogen-bond donors (Lipinski definition) is 1. The molecule has 0 saturated heterocycles. The minimum absolute atomic E-state index is 0.0600. The molecule has 1 N–H and O–H groups in total. The third-order valence-corrected chi connectivity index (χ3v) is 19.6. The van der Waals surface area contributed by atoms with Crippen molar-refractivity contribution in [1.29, 1.82) is 0 Å². The van der Waals surface area contributed by atoms with Gasteiger partial charge in [-0.15, -0.1) is 0 Å². The summed E-state index contributed by atoms with van der Waals surface area (Å²) in [5, 5.41) is 2.89. The van der Waals surface area contributed by atoms with Gasteiger partial charge in [0, 0.05) is 19.6 Å². The topological polar surface area (TPSA) is 251 Å². The van der Waals surface area contributed by atoms with E-state index in [2.05, 4.69) is 52.9 Å². The van der Waals surface area contributed by atoms with Crippen LogP contribution in [0.15, 0.2) is 11.6 Å². The highest BCUT2D eigenvalue weighted by Gasteiger charge is 2.59. The van der Waals surface area contributed by atoms with E-state index in [0.717, 1.165) is 67.8 Å². The molecule has 26 nitrogen and oxygen atoms in total. The molecule has 0 aromatic carbocycles. The fraction of sp³-hybridized carbons (Fsp3) is 0.961. The SMILES string of the molecule is CCCOCCOCCOCCOCCOCCOCCOCCOCCOCCOCCOCCOCCOCCOCCOCCOCCOCCOCCOCCOCCOCCOCCOCCNC(=O)OC1CC[C@@]2(C)C(=CC[C@H]3[C@@H]4CC[C@H]([C@H](C)CCCC(C)C)[C@@]4(C)CC[C@@H]32)C1. The minimum Gasteiger partial charge on any atom is -0.446 e. The molecule has 4 aliphatic rings. The molecule has 0 heterocycles. The molecule has 4 aliphatic carbocycles. The van der Waals surface area contributed by atoms with Crippen LogP contribution < -0.4 is 5.32 Å². The molecule has 3 saturated carbocycles. The predicted octanol–water partition coefficient (Wildman–Crippen LogP) is 8.91. The second-order valence-electron chi connectivity index (χ2n) is 27.6. The molecule has 8 atom stereocenters. The highest BCUT2D eigenvalue weighted by molar-refractivity contribution is 5.67. The lowest BCUT2D eigenvalue weighted by Gasteiger charge is -2.58. The molecule has 0 aromatic rings.